The zero-order valence-corrected chi connectivity index (χ0v) is 12.7. The molecule has 4 nitrogen and oxygen atoms in total. The third kappa shape index (κ3) is 13.4. The van der Waals surface area contributed by atoms with Crippen LogP contribution < -0.4 is 5.32 Å². The number of aldehydes is 1. The van der Waals surface area contributed by atoms with E-state index in [4.69, 9.17) is 4.79 Å². The van der Waals surface area contributed by atoms with E-state index >= 15 is 0 Å². The summed E-state index contributed by atoms with van der Waals surface area (Å²) in [5.74, 6) is 0. The predicted octanol–water partition coefficient (Wildman–Crippen LogP) is 2.96. The summed E-state index contributed by atoms with van der Waals surface area (Å²) >= 11 is 2.88. The Morgan fingerprint density at radius 1 is 1.32 bits per heavy atom. The van der Waals surface area contributed by atoms with Gasteiger partial charge in [-0.15, -0.1) is 0 Å². The number of likely N-dealkylation sites (tertiary alicyclic amines) is 1. The summed E-state index contributed by atoms with van der Waals surface area (Å²) < 4.78 is 35.0. The fourth-order valence-corrected chi connectivity index (χ4v) is 1.21. The predicted molar refractivity (Wildman–Crippen MR) is 71.5 cm³/mol. The molecule has 0 saturated carbocycles. The Balaban J connectivity index is 0. The average Bonchev–Trinajstić information content (AvgIpc) is 2.92. The number of halogens is 4. The van der Waals surface area contributed by atoms with E-state index in [9.17, 15) is 18.0 Å². The molecule has 1 aliphatic heterocycles. The molecule has 8 heteroatoms. The number of hydrogen-bond donors (Lipinski definition) is 1. The third-order valence-electron chi connectivity index (χ3n) is 1.90. The second-order valence-corrected chi connectivity index (χ2v) is 3.94. The summed E-state index contributed by atoms with van der Waals surface area (Å²) in [6, 6.07) is -0.616. The molecule has 0 aromatic rings. The third-order valence-corrected chi connectivity index (χ3v) is 2.16. The van der Waals surface area contributed by atoms with E-state index in [-0.39, 0.29) is 0 Å². The van der Waals surface area contributed by atoms with Gasteiger partial charge in [-0.2, -0.15) is 13.2 Å². The second-order valence-electron chi connectivity index (χ2n) is 3.29. The van der Waals surface area contributed by atoms with Crippen molar-refractivity contribution in [3.05, 3.63) is 0 Å². The largest absolute Gasteiger partial charge is 0.405 e. The molecule has 1 N–H and O–H groups in total. The fourth-order valence-electron chi connectivity index (χ4n) is 1.21. The number of alkyl halides is 4. The first-order valence-electron chi connectivity index (χ1n) is 6.00. The number of urea groups is 1. The van der Waals surface area contributed by atoms with Crippen LogP contribution in [0.4, 0.5) is 18.0 Å². The standard InChI is InChI=1S/C7H11F3N2O.C2H3BrO.C2H6/c8-7(9,10)5-11-6(13)12-3-1-2-4-12;3-1-2-4;1-2/h1-5H2,(H,11,13);2H,1H2;1-2H3. The van der Waals surface area contributed by atoms with Gasteiger partial charge in [0.05, 0.1) is 5.33 Å². The molecule has 1 rings (SSSR count). The van der Waals surface area contributed by atoms with Crippen LogP contribution in [0.5, 0.6) is 0 Å². The maximum absolute atomic E-state index is 11.7. The Bertz CT molecular complexity index is 245. The molecule has 1 fully saturated rings. The maximum Gasteiger partial charge on any atom is 0.405 e. The lowest BCUT2D eigenvalue weighted by Gasteiger charge is -2.16. The molecule has 1 heterocycles. The van der Waals surface area contributed by atoms with Crippen LogP contribution in [0, 0.1) is 0 Å². The molecule has 0 aliphatic carbocycles. The first-order chi connectivity index (χ1) is 8.90. The molecule has 1 aliphatic rings. The summed E-state index contributed by atoms with van der Waals surface area (Å²) in [4.78, 5) is 21.5. The smallest absolute Gasteiger partial charge is 0.329 e. The highest BCUT2D eigenvalue weighted by Gasteiger charge is 2.29. The van der Waals surface area contributed by atoms with E-state index in [0.29, 0.717) is 18.4 Å². The van der Waals surface area contributed by atoms with Crippen LogP contribution in [-0.2, 0) is 4.79 Å². The van der Waals surface area contributed by atoms with Crippen LogP contribution in [-0.4, -0.2) is 48.4 Å². The number of carbonyl (C=O) groups excluding carboxylic acids is 2. The van der Waals surface area contributed by atoms with Crippen LogP contribution in [0.1, 0.15) is 26.7 Å². The number of hydrogen-bond acceptors (Lipinski definition) is 2. The zero-order valence-electron chi connectivity index (χ0n) is 11.1. The molecule has 2 amide bonds. The van der Waals surface area contributed by atoms with Crippen molar-refractivity contribution in [1.29, 1.82) is 0 Å². The van der Waals surface area contributed by atoms with Crippen molar-refractivity contribution in [1.82, 2.24) is 10.2 Å². The van der Waals surface area contributed by atoms with E-state index in [1.54, 1.807) is 0 Å². The van der Waals surface area contributed by atoms with Crippen LogP contribution in [0.15, 0.2) is 0 Å². The van der Waals surface area contributed by atoms with Crippen molar-refractivity contribution in [3.8, 4) is 0 Å². The van der Waals surface area contributed by atoms with Crippen molar-refractivity contribution in [2.75, 3.05) is 25.0 Å². The van der Waals surface area contributed by atoms with Crippen LogP contribution in [0.25, 0.3) is 0 Å². The van der Waals surface area contributed by atoms with Gasteiger partial charge in [0, 0.05) is 13.1 Å². The van der Waals surface area contributed by atoms with Gasteiger partial charge in [0.2, 0.25) is 0 Å². The highest BCUT2D eigenvalue weighted by atomic mass is 79.9. The molecule has 0 spiro atoms. The summed E-state index contributed by atoms with van der Waals surface area (Å²) in [6.45, 7) is 3.87. The first-order valence-corrected chi connectivity index (χ1v) is 7.12. The van der Waals surface area contributed by atoms with E-state index in [1.165, 1.54) is 4.90 Å². The van der Waals surface area contributed by atoms with Crippen molar-refractivity contribution >= 4 is 28.2 Å². The van der Waals surface area contributed by atoms with Crippen LogP contribution >= 0.6 is 15.9 Å². The number of nitrogens with zero attached hydrogens (tertiary/aromatic N) is 1. The van der Waals surface area contributed by atoms with Crippen molar-refractivity contribution in [2.45, 2.75) is 32.9 Å². The van der Waals surface area contributed by atoms with E-state index in [0.717, 1.165) is 19.1 Å². The number of nitrogens with one attached hydrogen (secondary N) is 1. The minimum atomic E-state index is -4.32. The van der Waals surface area contributed by atoms with Gasteiger partial charge in [-0.1, -0.05) is 29.8 Å². The molecular formula is C11H20BrF3N2O2. The van der Waals surface area contributed by atoms with Gasteiger partial charge in [-0.25, -0.2) is 4.79 Å². The molecule has 19 heavy (non-hydrogen) atoms. The van der Waals surface area contributed by atoms with E-state index in [1.807, 2.05) is 19.2 Å². The minimum Gasteiger partial charge on any atom is -0.329 e. The number of rotatable bonds is 2. The van der Waals surface area contributed by atoms with Gasteiger partial charge in [-0.05, 0) is 12.8 Å². The van der Waals surface area contributed by atoms with Crippen molar-refractivity contribution in [2.24, 2.45) is 0 Å². The molecule has 114 valence electrons. The summed E-state index contributed by atoms with van der Waals surface area (Å²) in [5, 5.41) is 2.28. The monoisotopic (exact) mass is 348 g/mol. The van der Waals surface area contributed by atoms with Crippen LogP contribution in [0.2, 0.25) is 0 Å². The average molecular weight is 349 g/mol. The lowest BCUT2D eigenvalue weighted by Crippen LogP contribution is -2.42. The first kappa shape index (κ1) is 20.5. The van der Waals surface area contributed by atoms with Crippen LogP contribution in [0.3, 0.4) is 0 Å². The van der Waals surface area contributed by atoms with E-state index < -0.39 is 18.8 Å². The second kappa shape index (κ2) is 12.3. The van der Waals surface area contributed by atoms with Gasteiger partial charge >= 0.3 is 12.2 Å². The fraction of sp³-hybridized carbons (Fsp3) is 0.818. The van der Waals surface area contributed by atoms with Crippen molar-refractivity contribution in [3.63, 3.8) is 0 Å². The zero-order chi connectivity index (χ0) is 15.3. The Hall–Kier alpha value is -0.790. The Morgan fingerprint density at radius 3 is 2.05 bits per heavy atom. The Labute approximate surface area is 119 Å². The summed E-state index contributed by atoms with van der Waals surface area (Å²) in [7, 11) is 0. The summed E-state index contributed by atoms with van der Waals surface area (Å²) in [6.07, 6.45) is -1.78. The minimum absolute atomic E-state index is 0.451. The molecule has 0 unspecified atom stereocenters. The van der Waals surface area contributed by atoms with Gasteiger partial charge in [0.1, 0.15) is 12.8 Å². The maximum atomic E-state index is 11.7. The Kier molecular flexibility index (Phi) is 13.2. The normalized spacial score (nSPS) is 13.7. The van der Waals surface area contributed by atoms with Gasteiger partial charge in [0.15, 0.2) is 0 Å². The quantitative estimate of drug-likeness (QED) is 0.616. The highest BCUT2D eigenvalue weighted by molar-refractivity contribution is 9.09. The van der Waals surface area contributed by atoms with Gasteiger partial charge < -0.3 is 15.0 Å². The topological polar surface area (TPSA) is 49.4 Å². The van der Waals surface area contributed by atoms with Crippen molar-refractivity contribution < 1.29 is 22.8 Å². The SMILES string of the molecule is CC.O=C(NCC(F)(F)F)N1CCCC1.O=CCBr. The number of carbonyl (C=O) groups is 2. The Morgan fingerprint density at radius 2 is 1.74 bits per heavy atom. The molecule has 0 bridgehead atoms. The molecule has 0 aromatic carbocycles. The van der Waals surface area contributed by atoms with E-state index in [2.05, 4.69) is 15.9 Å². The lowest BCUT2D eigenvalue weighted by molar-refractivity contribution is -0.123. The molecule has 0 radical (unpaired) electrons. The molecular weight excluding hydrogens is 329 g/mol. The molecule has 1 saturated heterocycles. The lowest BCUT2D eigenvalue weighted by atomic mass is 10.4. The molecule has 0 aromatic heterocycles. The summed E-state index contributed by atoms with van der Waals surface area (Å²) in [5.41, 5.74) is 0. The molecule has 0 atom stereocenters. The highest BCUT2D eigenvalue weighted by Crippen LogP contribution is 2.13. The van der Waals surface area contributed by atoms with Gasteiger partial charge in [-0.3, -0.25) is 0 Å². The van der Waals surface area contributed by atoms with Gasteiger partial charge in [0.25, 0.3) is 0 Å². The number of amides is 2.